The van der Waals surface area contributed by atoms with Crippen LogP contribution in [0.5, 0.6) is 0 Å². The van der Waals surface area contributed by atoms with Crippen molar-refractivity contribution < 1.29 is 14.3 Å². The van der Waals surface area contributed by atoms with Gasteiger partial charge in [-0.25, -0.2) is 14.8 Å². The standard InChI is InChI=1S/C16H13BrN2O3/c17-14-7-6-12(8-18-14)15-19-13(10-21-15)16(20)22-9-11-4-2-1-3-5-11/h1-8,13H,9-10H2/t13-/m0/s1. The van der Waals surface area contributed by atoms with Crippen molar-refractivity contribution >= 4 is 27.8 Å². The summed E-state index contributed by atoms with van der Waals surface area (Å²) in [4.78, 5) is 20.4. The summed E-state index contributed by atoms with van der Waals surface area (Å²) in [5, 5.41) is 0. The molecule has 0 unspecified atom stereocenters. The monoisotopic (exact) mass is 360 g/mol. The van der Waals surface area contributed by atoms with E-state index in [0.29, 0.717) is 5.90 Å². The third kappa shape index (κ3) is 3.51. The minimum atomic E-state index is -0.623. The average Bonchev–Trinajstić information content (AvgIpc) is 3.04. The van der Waals surface area contributed by atoms with Crippen LogP contribution in [-0.4, -0.2) is 29.5 Å². The van der Waals surface area contributed by atoms with Gasteiger partial charge in [-0.1, -0.05) is 30.3 Å². The molecule has 112 valence electrons. The molecule has 0 amide bonds. The SMILES string of the molecule is O=C(OCc1ccccc1)[C@@H]1COC(c2ccc(Br)nc2)=N1. The van der Waals surface area contributed by atoms with E-state index in [1.165, 1.54) is 0 Å². The molecule has 2 heterocycles. The first-order chi connectivity index (χ1) is 10.7. The van der Waals surface area contributed by atoms with Crippen molar-refractivity contribution in [3.63, 3.8) is 0 Å². The van der Waals surface area contributed by atoms with Gasteiger partial charge < -0.3 is 9.47 Å². The molecule has 1 aromatic heterocycles. The maximum Gasteiger partial charge on any atom is 0.334 e. The van der Waals surface area contributed by atoms with E-state index in [0.717, 1.165) is 15.7 Å². The van der Waals surface area contributed by atoms with Crippen molar-refractivity contribution in [3.05, 3.63) is 64.4 Å². The number of pyridine rings is 1. The van der Waals surface area contributed by atoms with E-state index in [9.17, 15) is 4.79 Å². The summed E-state index contributed by atoms with van der Waals surface area (Å²) < 4.78 is 11.5. The Labute approximate surface area is 136 Å². The second-order valence-corrected chi connectivity index (χ2v) is 5.54. The lowest BCUT2D eigenvalue weighted by atomic mass is 10.2. The summed E-state index contributed by atoms with van der Waals surface area (Å²) in [5.74, 6) is 0.0329. The topological polar surface area (TPSA) is 60.8 Å². The van der Waals surface area contributed by atoms with E-state index >= 15 is 0 Å². The van der Waals surface area contributed by atoms with Crippen LogP contribution < -0.4 is 0 Å². The van der Waals surface area contributed by atoms with Gasteiger partial charge in [0.2, 0.25) is 5.90 Å². The van der Waals surface area contributed by atoms with Gasteiger partial charge in [-0.2, -0.15) is 0 Å². The van der Waals surface area contributed by atoms with E-state index in [-0.39, 0.29) is 19.2 Å². The summed E-state index contributed by atoms with van der Waals surface area (Å²) in [6, 6.07) is 12.5. The summed E-state index contributed by atoms with van der Waals surface area (Å²) in [6.07, 6.45) is 1.64. The van der Waals surface area contributed by atoms with E-state index in [4.69, 9.17) is 9.47 Å². The number of rotatable bonds is 4. The Morgan fingerprint density at radius 3 is 2.82 bits per heavy atom. The number of hydrogen-bond donors (Lipinski definition) is 0. The molecule has 6 heteroatoms. The van der Waals surface area contributed by atoms with Gasteiger partial charge in [0.1, 0.15) is 17.8 Å². The highest BCUT2D eigenvalue weighted by Crippen LogP contribution is 2.15. The Balaban J connectivity index is 1.61. The number of esters is 1. The lowest BCUT2D eigenvalue weighted by molar-refractivity contribution is -0.146. The molecule has 0 fully saturated rings. The Hall–Kier alpha value is -2.21. The highest BCUT2D eigenvalue weighted by molar-refractivity contribution is 9.10. The van der Waals surface area contributed by atoms with Crippen LogP contribution in [0.1, 0.15) is 11.1 Å². The summed E-state index contributed by atoms with van der Waals surface area (Å²) in [7, 11) is 0. The molecule has 22 heavy (non-hydrogen) atoms. The zero-order valence-corrected chi connectivity index (χ0v) is 13.2. The Morgan fingerprint density at radius 1 is 1.27 bits per heavy atom. The third-order valence-corrected chi connectivity index (χ3v) is 3.59. The van der Waals surface area contributed by atoms with E-state index in [1.54, 1.807) is 12.3 Å². The van der Waals surface area contributed by atoms with Crippen LogP contribution >= 0.6 is 15.9 Å². The number of carbonyl (C=O) groups is 1. The van der Waals surface area contributed by atoms with Gasteiger partial charge in [-0.05, 0) is 33.6 Å². The molecule has 5 nitrogen and oxygen atoms in total. The van der Waals surface area contributed by atoms with Crippen molar-refractivity contribution in [2.24, 2.45) is 4.99 Å². The number of aliphatic imine (C=N–C) groups is 1. The van der Waals surface area contributed by atoms with Crippen molar-refractivity contribution in [2.75, 3.05) is 6.61 Å². The number of nitrogens with zero attached hydrogens (tertiary/aromatic N) is 2. The zero-order chi connectivity index (χ0) is 15.4. The van der Waals surface area contributed by atoms with Crippen LogP contribution in [-0.2, 0) is 20.9 Å². The van der Waals surface area contributed by atoms with Crippen LogP contribution in [0.2, 0.25) is 0 Å². The molecule has 3 rings (SSSR count). The predicted molar refractivity (Wildman–Crippen MR) is 84.5 cm³/mol. The molecule has 0 spiro atoms. The predicted octanol–water partition coefficient (Wildman–Crippen LogP) is 2.73. The second kappa shape index (κ2) is 6.70. The molecule has 0 saturated heterocycles. The minimum Gasteiger partial charge on any atom is -0.474 e. The average molecular weight is 361 g/mol. The maximum absolute atomic E-state index is 12.0. The first-order valence-corrected chi connectivity index (χ1v) is 7.55. The van der Waals surface area contributed by atoms with Gasteiger partial charge in [0.15, 0.2) is 6.04 Å². The molecule has 1 atom stereocenters. The molecule has 2 aromatic rings. The van der Waals surface area contributed by atoms with Gasteiger partial charge in [0.05, 0.1) is 5.56 Å². The fraction of sp³-hybridized carbons (Fsp3) is 0.188. The second-order valence-electron chi connectivity index (χ2n) is 4.72. The molecule has 1 aliphatic heterocycles. The number of halogens is 1. The zero-order valence-electron chi connectivity index (χ0n) is 11.6. The normalized spacial score (nSPS) is 16.8. The van der Waals surface area contributed by atoms with Crippen molar-refractivity contribution in [2.45, 2.75) is 12.6 Å². The van der Waals surface area contributed by atoms with Gasteiger partial charge in [-0.15, -0.1) is 0 Å². The highest BCUT2D eigenvalue weighted by atomic mass is 79.9. The van der Waals surface area contributed by atoms with Gasteiger partial charge in [0.25, 0.3) is 0 Å². The molecular weight excluding hydrogens is 348 g/mol. The largest absolute Gasteiger partial charge is 0.474 e. The van der Waals surface area contributed by atoms with Crippen LogP contribution in [0.25, 0.3) is 0 Å². The quantitative estimate of drug-likeness (QED) is 0.621. The smallest absolute Gasteiger partial charge is 0.334 e. The van der Waals surface area contributed by atoms with Gasteiger partial charge >= 0.3 is 5.97 Å². The van der Waals surface area contributed by atoms with Crippen LogP contribution in [0.15, 0.2) is 58.3 Å². The van der Waals surface area contributed by atoms with Gasteiger partial charge in [-0.3, -0.25) is 0 Å². The fourth-order valence-corrected chi connectivity index (χ4v) is 2.21. The molecular formula is C16H13BrN2O3. The molecule has 1 aromatic carbocycles. The Kier molecular flexibility index (Phi) is 4.48. The Morgan fingerprint density at radius 2 is 2.09 bits per heavy atom. The number of aromatic nitrogens is 1. The van der Waals surface area contributed by atoms with Crippen molar-refractivity contribution in [1.29, 1.82) is 0 Å². The van der Waals surface area contributed by atoms with E-state index in [1.807, 2.05) is 36.4 Å². The summed E-state index contributed by atoms with van der Waals surface area (Å²) in [5.41, 5.74) is 1.68. The molecule has 0 radical (unpaired) electrons. The molecule has 1 aliphatic rings. The number of benzene rings is 1. The first kappa shape index (κ1) is 14.7. The lowest BCUT2D eigenvalue weighted by Gasteiger charge is -2.06. The molecule has 0 bridgehead atoms. The fourth-order valence-electron chi connectivity index (χ4n) is 1.98. The van der Waals surface area contributed by atoms with Crippen LogP contribution in [0.3, 0.4) is 0 Å². The highest BCUT2D eigenvalue weighted by Gasteiger charge is 2.28. The summed E-state index contributed by atoms with van der Waals surface area (Å²) in [6.45, 7) is 0.430. The lowest BCUT2D eigenvalue weighted by Crippen LogP contribution is -2.22. The number of ether oxygens (including phenoxy) is 2. The third-order valence-electron chi connectivity index (χ3n) is 3.12. The molecule has 0 saturated carbocycles. The molecule has 0 aliphatic carbocycles. The summed E-state index contributed by atoms with van der Waals surface area (Å²) >= 11 is 3.27. The Bertz CT molecular complexity index is 686. The number of carbonyl (C=O) groups excluding carboxylic acids is 1. The minimum absolute atomic E-state index is 0.193. The van der Waals surface area contributed by atoms with Crippen LogP contribution in [0.4, 0.5) is 0 Å². The maximum atomic E-state index is 12.0. The van der Waals surface area contributed by atoms with Crippen LogP contribution in [0, 0.1) is 0 Å². The van der Waals surface area contributed by atoms with Crippen molar-refractivity contribution in [1.82, 2.24) is 4.98 Å². The first-order valence-electron chi connectivity index (χ1n) is 6.75. The van der Waals surface area contributed by atoms with E-state index in [2.05, 4.69) is 25.9 Å². The number of hydrogen-bond acceptors (Lipinski definition) is 5. The molecule has 0 N–H and O–H groups in total. The van der Waals surface area contributed by atoms with Crippen molar-refractivity contribution in [3.8, 4) is 0 Å². The van der Waals surface area contributed by atoms with Gasteiger partial charge in [0, 0.05) is 6.20 Å². The van der Waals surface area contributed by atoms with E-state index < -0.39 is 6.04 Å².